The van der Waals surface area contributed by atoms with Gasteiger partial charge in [0.05, 0.1) is 5.69 Å². The smallest absolute Gasteiger partial charge is 0.123 e. The van der Waals surface area contributed by atoms with Gasteiger partial charge in [0.15, 0.2) is 0 Å². The van der Waals surface area contributed by atoms with Crippen LogP contribution in [-0.2, 0) is 4.79 Å². The summed E-state index contributed by atoms with van der Waals surface area (Å²) in [6.45, 7) is 0. The third-order valence-corrected chi connectivity index (χ3v) is 1.05. The fourth-order valence-electron chi connectivity index (χ4n) is 0.610. The molecule has 0 aliphatic carbocycles. The summed E-state index contributed by atoms with van der Waals surface area (Å²) in [5.41, 5.74) is 0.918. The molecular formula is C7H8N2O. The molecule has 0 spiro atoms. The van der Waals surface area contributed by atoms with Gasteiger partial charge >= 0.3 is 0 Å². The predicted molar refractivity (Wildman–Crippen MR) is 38.3 cm³/mol. The molecule has 0 aromatic carbocycles. The Bertz CT molecular complexity index is 214. The number of aldehydes is 1. The third-order valence-electron chi connectivity index (χ3n) is 1.05. The Morgan fingerprint density at radius 3 is 3.20 bits per heavy atom. The van der Waals surface area contributed by atoms with E-state index in [1.54, 1.807) is 12.3 Å². The van der Waals surface area contributed by atoms with E-state index in [0.29, 0.717) is 6.42 Å². The summed E-state index contributed by atoms with van der Waals surface area (Å²) < 4.78 is 0. The summed E-state index contributed by atoms with van der Waals surface area (Å²) in [7, 11) is 0. The highest BCUT2D eigenvalue weighted by atomic mass is 16.1. The summed E-state index contributed by atoms with van der Waals surface area (Å²) in [5, 5.41) is 6.48. The van der Waals surface area contributed by atoms with Gasteiger partial charge in [0.1, 0.15) is 6.29 Å². The van der Waals surface area contributed by atoms with Crippen molar-refractivity contribution in [2.45, 2.75) is 6.42 Å². The van der Waals surface area contributed by atoms with Crippen LogP contribution in [0.3, 0.4) is 0 Å². The first-order valence-corrected chi connectivity index (χ1v) is 3.03. The van der Waals surface area contributed by atoms with Gasteiger partial charge in [0, 0.05) is 12.6 Å². The van der Waals surface area contributed by atoms with Crippen LogP contribution in [0.2, 0.25) is 0 Å². The number of hydrogen-bond acceptors (Lipinski definition) is 2. The van der Waals surface area contributed by atoms with E-state index in [9.17, 15) is 4.79 Å². The number of aromatic amines is 1. The van der Waals surface area contributed by atoms with Crippen molar-refractivity contribution in [1.29, 1.82) is 0 Å². The maximum Gasteiger partial charge on any atom is 0.123 e. The molecule has 3 heteroatoms. The highest BCUT2D eigenvalue weighted by molar-refractivity contribution is 5.56. The van der Waals surface area contributed by atoms with Crippen molar-refractivity contribution in [3.8, 4) is 0 Å². The number of aromatic nitrogens is 2. The molecule has 0 fully saturated rings. The predicted octanol–water partition coefficient (Wildman–Crippen LogP) is 1.01. The first-order chi connectivity index (χ1) is 4.93. The normalized spacial score (nSPS) is 10.4. The molecule has 0 amide bonds. The van der Waals surface area contributed by atoms with Crippen LogP contribution < -0.4 is 0 Å². The maximum atomic E-state index is 9.86. The van der Waals surface area contributed by atoms with Crippen LogP contribution in [0.4, 0.5) is 0 Å². The van der Waals surface area contributed by atoms with E-state index in [2.05, 4.69) is 10.2 Å². The highest BCUT2D eigenvalue weighted by Gasteiger charge is 1.82. The van der Waals surface area contributed by atoms with Crippen LogP contribution >= 0.6 is 0 Å². The van der Waals surface area contributed by atoms with Crippen LogP contribution in [0.15, 0.2) is 18.3 Å². The molecule has 1 rings (SSSR count). The van der Waals surface area contributed by atoms with Crippen LogP contribution in [0.25, 0.3) is 6.08 Å². The molecule has 0 atom stereocenters. The van der Waals surface area contributed by atoms with Gasteiger partial charge in [-0.1, -0.05) is 6.08 Å². The van der Waals surface area contributed by atoms with Crippen molar-refractivity contribution in [1.82, 2.24) is 10.2 Å². The van der Waals surface area contributed by atoms with Crippen molar-refractivity contribution < 1.29 is 4.79 Å². The summed E-state index contributed by atoms with van der Waals surface area (Å²) in [5.74, 6) is 0. The molecule has 0 bridgehead atoms. The van der Waals surface area contributed by atoms with E-state index in [1.165, 1.54) is 0 Å². The average molecular weight is 136 g/mol. The van der Waals surface area contributed by atoms with Gasteiger partial charge in [0.2, 0.25) is 0 Å². The maximum absolute atomic E-state index is 9.86. The van der Waals surface area contributed by atoms with E-state index < -0.39 is 0 Å². The van der Waals surface area contributed by atoms with Gasteiger partial charge in [-0.15, -0.1) is 0 Å². The van der Waals surface area contributed by atoms with Gasteiger partial charge < -0.3 is 4.79 Å². The SMILES string of the molecule is O=CCC=Cc1ccn[nH]1. The van der Waals surface area contributed by atoms with Crippen LogP contribution in [-0.4, -0.2) is 16.5 Å². The number of hydrogen-bond donors (Lipinski definition) is 1. The molecule has 0 saturated carbocycles. The number of carbonyl (C=O) groups is 1. The Hall–Kier alpha value is -1.38. The average Bonchev–Trinajstić information content (AvgIpc) is 2.41. The van der Waals surface area contributed by atoms with Crippen molar-refractivity contribution in [3.05, 3.63) is 24.0 Å². The van der Waals surface area contributed by atoms with Gasteiger partial charge in [-0.25, -0.2) is 0 Å². The molecule has 52 valence electrons. The van der Waals surface area contributed by atoms with E-state index in [-0.39, 0.29) is 0 Å². The zero-order chi connectivity index (χ0) is 7.23. The summed E-state index contributed by atoms with van der Waals surface area (Å²) >= 11 is 0. The molecule has 0 aliphatic rings. The largest absolute Gasteiger partial charge is 0.303 e. The van der Waals surface area contributed by atoms with E-state index in [4.69, 9.17) is 0 Å². The van der Waals surface area contributed by atoms with Gasteiger partial charge in [0.25, 0.3) is 0 Å². The number of H-pyrrole nitrogens is 1. The second kappa shape index (κ2) is 3.61. The summed E-state index contributed by atoms with van der Waals surface area (Å²) in [6.07, 6.45) is 6.58. The van der Waals surface area contributed by atoms with E-state index >= 15 is 0 Å². The number of allylic oxidation sites excluding steroid dienone is 1. The Kier molecular flexibility index (Phi) is 2.43. The lowest BCUT2D eigenvalue weighted by Gasteiger charge is -1.79. The topological polar surface area (TPSA) is 45.8 Å². The minimum Gasteiger partial charge on any atom is -0.303 e. The molecular weight excluding hydrogens is 128 g/mol. The summed E-state index contributed by atoms with van der Waals surface area (Å²) in [6, 6.07) is 1.83. The minimum absolute atomic E-state index is 0.457. The summed E-state index contributed by atoms with van der Waals surface area (Å²) in [4.78, 5) is 9.86. The van der Waals surface area contributed by atoms with E-state index in [0.717, 1.165) is 12.0 Å². The Morgan fingerprint density at radius 2 is 2.60 bits per heavy atom. The first-order valence-electron chi connectivity index (χ1n) is 3.03. The van der Waals surface area contributed by atoms with Gasteiger partial charge in [-0.05, 0) is 12.1 Å². The number of rotatable bonds is 3. The first kappa shape index (κ1) is 6.74. The Labute approximate surface area is 58.8 Å². The molecule has 0 saturated heterocycles. The second-order valence-corrected chi connectivity index (χ2v) is 1.82. The molecule has 1 aromatic heterocycles. The number of carbonyl (C=O) groups excluding carboxylic acids is 1. The molecule has 1 heterocycles. The second-order valence-electron chi connectivity index (χ2n) is 1.82. The minimum atomic E-state index is 0.457. The van der Waals surface area contributed by atoms with Crippen molar-refractivity contribution >= 4 is 12.4 Å². The van der Waals surface area contributed by atoms with Crippen LogP contribution in [0, 0.1) is 0 Å². The molecule has 3 nitrogen and oxygen atoms in total. The lowest BCUT2D eigenvalue weighted by Crippen LogP contribution is -1.71. The lowest BCUT2D eigenvalue weighted by molar-refractivity contribution is -0.107. The molecule has 0 unspecified atom stereocenters. The fraction of sp³-hybridized carbons (Fsp3) is 0.143. The monoisotopic (exact) mass is 136 g/mol. The van der Waals surface area contributed by atoms with Crippen LogP contribution in [0.1, 0.15) is 12.1 Å². The van der Waals surface area contributed by atoms with Crippen LogP contribution in [0.5, 0.6) is 0 Å². The quantitative estimate of drug-likeness (QED) is 0.630. The van der Waals surface area contributed by atoms with Crippen molar-refractivity contribution in [2.75, 3.05) is 0 Å². The lowest BCUT2D eigenvalue weighted by atomic mass is 10.3. The molecule has 1 N–H and O–H groups in total. The Balaban J connectivity index is 2.47. The van der Waals surface area contributed by atoms with Gasteiger partial charge in [-0.2, -0.15) is 5.10 Å². The highest BCUT2D eigenvalue weighted by Crippen LogP contribution is 1.94. The third kappa shape index (κ3) is 1.85. The zero-order valence-electron chi connectivity index (χ0n) is 5.45. The number of nitrogens with zero attached hydrogens (tertiary/aromatic N) is 1. The van der Waals surface area contributed by atoms with Crippen molar-refractivity contribution in [2.24, 2.45) is 0 Å². The van der Waals surface area contributed by atoms with E-state index in [1.807, 2.05) is 12.1 Å². The fourth-order valence-corrected chi connectivity index (χ4v) is 0.610. The van der Waals surface area contributed by atoms with Crippen molar-refractivity contribution in [3.63, 3.8) is 0 Å². The Morgan fingerprint density at radius 1 is 1.70 bits per heavy atom. The zero-order valence-corrected chi connectivity index (χ0v) is 5.45. The molecule has 0 aliphatic heterocycles. The standard InChI is InChI=1S/C7H8N2O/c10-6-2-1-3-7-4-5-8-9-7/h1,3-6H,2H2,(H,8,9). The molecule has 0 radical (unpaired) electrons. The van der Waals surface area contributed by atoms with Gasteiger partial charge in [-0.3, -0.25) is 5.10 Å². The molecule has 1 aromatic rings. The number of nitrogens with one attached hydrogen (secondary N) is 1. The molecule has 10 heavy (non-hydrogen) atoms.